The SMILES string of the molecule is N#Cc1cc(F)ccc1NC1/C=C/CCCCC1. The van der Waals surface area contributed by atoms with Gasteiger partial charge in [-0.1, -0.05) is 25.0 Å². The molecule has 2 rings (SSSR count). The second-order valence-corrected chi connectivity index (χ2v) is 4.62. The fraction of sp³-hybridized carbons (Fsp3) is 0.400. The third-order valence-electron chi connectivity index (χ3n) is 3.20. The first-order valence-corrected chi connectivity index (χ1v) is 6.42. The molecule has 0 aliphatic heterocycles. The van der Waals surface area contributed by atoms with Crippen molar-refractivity contribution in [2.24, 2.45) is 0 Å². The number of hydrogen-bond donors (Lipinski definition) is 1. The zero-order chi connectivity index (χ0) is 12.8. The molecule has 0 radical (unpaired) electrons. The minimum absolute atomic E-state index is 0.239. The molecular weight excluding hydrogens is 227 g/mol. The van der Waals surface area contributed by atoms with Crippen LogP contribution in [0.3, 0.4) is 0 Å². The summed E-state index contributed by atoms with van der Waals surface area (Å²) in [5.74, 6) is -0.370. The van der Waals surface area contributed by atoms with Crippen molar-refractivity contribution < 1.29 is 4.39 Å². The summed E-state index contributed by atoms with van der Waals surface area (Å²) in [5, 5.41) is 12.3. The Hall–Kier alpha value is -1.82. The van der Waals surface area contributed by atoms with E-state index in [4.69, 9.17) is 5.26 Å². The number of nitriles is 1. The summed E-state index contributed by atoms with van der Waals surface area (Å²) in [5.41, 5.74) is 1.08. The first-order valence-electron chi connectivity index (χ1n) is 6.42. The van der Waals surface area contributed by atoms with Crippen LogP contribution in [0.5, 0.6) is 0 Å². The van der Waals surface area contributed by atoms with Crippen molar-refractivity contribution in [3.63, 3.8) is 0 Å². The highest BCUT2D eigenvalue weighted by Gasteiger charge is 2.10. The topological polar surface area (TPSA) is 35.8 Å². The van der Waals surface area contributed by atoms with Crippen LogP contribution < -0.4 is 5.32 Å². The first-order chi connectivity index (χ1) is 8.79. The highest BCUT2D eigenvalue weighted by molar-refractivity contribution is 5.58. The highest BCUT2D eigenvalue weighted by atomic mass is 19.1. The van der Waals surface area contributed by atoms with E-state index in [1.54, 1.807) is 6.07 Å². The summed E-state index contributed by atoms with van der Waals surface area (Å²) in [4.78, 5) is 0. The molecule has 3 heteroatoms. The van der Waals surface area contributed by atoms with E-state index in [9.17, 15) is 4.39 Å². The molecule has 18 heavy (non-hydrogen) atoms. The lowest BCUT2D eigenvalue weighted by molar-refractivity contribution is 0.609. The van der Waals surface area contributed by atoms with Crippen molar-refractivity contribution in [1.82, 2.24) is 0 Å². The van der Waals surface area contributed by atoms with E-state index in [-0.39, 0.29) is 11.9 Å². The van der Waals surface area contributed by atoms with Gasteiger partial charge in [0.25, 0.3) is 0 Å². The minimum atomic E-state index is -0.370. The lowest BCUT2D eigenvalue weighted by Crippen LogP contribution is -2.18. The normalized spacial score (nSPS) is 21.4. The summed E-state index contributed by atoms with van der Waals surface area (Å²) in [6, 6.07) is 6.56. The van der Waals surface area contributed by atoms with Crippen molar-refractivity contribution in [2.45, 2.75) is 38.1 Å². The van der Waals surface area contributed by atoms with Crippen molar-refractivity contribution in [3.05, 3.63) is 41.7 Å². The lowest BCUT2D eigenvalue weighted by atomic mass is 10.0. The van der Waals surface area contributed by atoms with E-state index in [1.807, 2.05) is 6.07 Å². The molecule has 0 spiro atoms. The van der Waals surface area contributed by atoms with Gasteiger partial charge in [-0.05, 0) is 37.5 Å². The molecule has 0 aromatic heterocycles. The number of halogens is 1. The van der Waals surface area contributed by atoms with E-state index in [0.717, 1.165) is 12.8 Å². The summed E-state index contributed by atoms with van der Waals surface area (Å²) in [6.45, 7) is 0. The molecule has 0 fully saturated rings. The number of nitrogens with zero attached hydrogens (tertiary/aromatic N) is 1. The summed E-state index contributed by atoms with van der Waals surface area (Å²) in [7, 11) is 0. The predicted octanol–water partition coefficient (Wildman–Crippen LogP) is 4.00. The van der Waals surface area contributed by atoms with Crippen LogP contribution >= 0.6 is 0 Å². The molecule has 1 aromatic carbocycles. The fourth-order valence-electron chi connectivity index (χ4n) is 2.21. The van der Waals surface area contributed by atoms with Crippen LogP contribution in [0.4, 0.5) is 10.1 Å². The monoisotopic (exact) mass is 244 g/mol. The smallest absolute Gasteiger partial charge is 0.124 e. The molecule has 0 heterocycles. The minimum Gasteiger partial charge on any atom is -0.378 e. The van der Waals surface area contributed by atoms with Crippen LogP contribution in [0.2, 0.25) is 0 Å². The summed E-state index contributed by atoms with van der Waals surface area (Å²) < 4.78 is 13.0. The van der Waals surface area contributed by atoms with Crippen LogP contribution in [-0.2, 0) is 0 Å². The molecule has 1 aromatic rings. The van der Waals surface area contributed by atoms with Crippen LogP contribution in [-0.4, -0.2) is 6.04 Å². The van der Waals surface area contributed by atoms with Gasteiger partial charge in [0.15, 0.2) is 0 Å². The number of anilines is 1. The molecule has 1 atom stereocenters. The molecule has 1 aliphatic rings. The van der Waals surface area contributed by atoms with Crippen molar-refractivity contribution >= 4 is 5.69 Å². The van der Waals surface area contributed by atoms with E-state index >= 15 is 0 Å². The standard InChI is InChI=1S/C15H17FN2/c16-13-8-9-15(12(10-13)11-17)18-14-6-4-2-1-3-5-7-14/h4,6,8-10,14,18H,1-3,5,7H2/b6-4+. The molecule has 94 valence electrons. The van der Waals surface area contributed by atoms with Gasteiger partial charge in [-0.3, -0.25) is 0 Å². The molecule has 0 bridgehead atoms. The zero-order valence-electron chi connectivity index (χ0n) is 10.3. The summed E-state index contributed by atoms with van der Waals surface area (Å²) in [6.07, 6.45) is 10.2. The Balaban J connectivity index is 2.12. The van der Waals surface area contributed by atoms with Gasteiger partial charge in [-0.2, -0.15) is 5.26 Å². The Kier molecular flexibility index (Phi) is 4.35. The number of allylic oxidation sites excluding steroid dienone is 1. The average Bonchev–Trinajstić information content (AvgIpc) is 2.34. The lowest BCUT2D eigenvalue weighted by Gasteiger charge is -2.19. The molecule has 1 aliphatic carbocycles. The molecular formula is C15H17FN2. The van der Waals surface area contributed by atoms with Crippen LogP contribution in [0, 0.1) is 17.1 Å². The van der Waals surface area contributed by atoms with Gasteiger partial charge in [0.05, 0.1) is 11.3 Å². The molecule has 1 unspecified atom stereocenters. The largest absolute Gasteiger partial charge is 0.378 e. The molecule has 1 N–H and O–H groups in total. The third kappa shape index (κ3) is 3.33. The zero-order valence-corrected chi connectivity index (χ0v) is 10.3. The Labute approximate surface area is 107 Å². The number of hydrogen-bond acceptors (Lipinski definition) is 2. The Morgan fingerprint density at radius 2 is 2.17 bits per heavy atom. The number of rotatable bonds is 2. The van der Waals surface area contributed by atoms with Gasteiger partial charge in [0, 0.05) is 6.04 Å². The van der Waals surface area contributed by atoms with E-state index in [0.29, 0.717) is 11.3 Å². The Morgan fingerprint density at radius 1 is 1.28 bits per heavy atom. The fourth-order valence-corrected chi connectivity index (χ4v) is 2.21. The maximum Gasteiger partial charge on any atom is 0.124 e. The highest BCUT2D eigenvalue weighted by Crippen LogP contribution is 2.20. The molecule has 0 amide bonds. The summed E-state index contributed by atoms with van der Waals surface area (Å²) >= 11 is 0. The Bertz CT molecular complexity index is 474. The van der Waals surface area contributed by atoms with Crippen LogP contribution in [0.25, 0.3) is 0 Å². The van der Waals surface area contributed by atoms with Gasteiger partial charge >= 0.3 is 0 Å². The molecule has 2 nitrogen and oxygen atoms in total. The van der Waals surface area contributed by atoms with Gasteiger partial charge in [-0.25, -0.2) is 4.39 Å². The maximum absolute atomic E-state index is 13.0. The number of benzene rings is 1. The van der Waals surface area contributed by atoms with Gasteiger partial charge in [0.2, 0.25) is 0 Å². The van der Waals surface area contributed by atoms with Crippen LogP contribution in [0.15, 0.2) is 30.4 Å². The van der Waals surface area contributed by atoms with E-state index < -0.39 is 0 Å². The van der Waals surface area contributed by atoms with Crippen molar-refractivity contribution in [3.8, 4) is 6.07 Å². The predicted molar refractivity (Wildman–Crippen MR) is 70.8 cm³/mol. The van der Waals surface area contributed by atoms with E-state index in [1.165, 1.54) is 31.4 Å². The molecule has 0 saturated carbocycles. The van der Waals surface area contributed by atoms with E-state index in [2.05, 4.69) is 17.5 Å². The number of nitrogens with one attached hydrogen (secondary N) is 1. The maximum atomic E-state index is 13.0. The first kappa shape index (κ1) is 12.6. The third-order valence-corrected chi connectivity index (χ3v) is 3.20. The average molecular weight is 244 g/mol. The van der Waals surface area contributed by atoms with Gasteiger partial charge < -0.3 is 5.32 Å². The van der Waals surface area contributed by atoms with Gasteiger partial charge in [0.1, 0.15) is 11.9 Å². The van der Waals surface area contributed by atoms with Crippen molar-refractivity contribution in [2.75, 3.05) is 5.32 Å². The van der Waals surface area contributed by atoms with Crippen molar-refractivity contribution in [1.29, 1.82) is 5.26 Å². The molecule has 0 saturated heterocycles. The second-order valence-electron chi connectivity index (χ2n) is 4.62. The van der Waals surface area contributed by atoms with Gasteiger partial charge in [-0.15, -0.1) is 0 Å². The quantitative estimate of drug-likeness (QED) is 0.798. The van der Waals surface area contributed by atoms with Crippen LogP contribution in [0.1, 0.15) is 37.7 Å². The Morgan fingerprint density at radius 3 is 3.00 bits per heavy atom. The second kappa shape index (κ2) is 6.20.